The van der Waals surface area contributed by atoms with Gasteiger partial charge in [-0.3, -0.25) is 5.32 Å². The highest BCUT2D eigenvalue weighted by Crippen LogP contribution is 2.32. The van der Waals surface area contributed by atoms with Crippen molar-refractivity contribution in [3.8, 4) is 0 Å². The quantitative estimate of drug-likeness (QED) is 0.481. The lowest BCUT2D eigenvalue weighted by atomic mass is 10.1. The van der Waals surface area contributed by atoms with Crippen LogP contribution >= 0.6 is 28.3 Å². The topological polar surface area (TPSA) is 41.5 Å². The Bertz CT molecular complexity index is 332. The second-order valence-corrected chi connectivity index (χ2v) is 3.63. The fraction of sp³-hybridized carbons (Fsp3) is 0.250. The number of alkyl halides is 1. The van der Waals surface area contributed by atoms with Gasteiger partial charge in [0, 0.05) is 6.54 Å². The predicted octanol–water partition coefficient (Wildman–Crippen LogP) is 3.00. The summed E-state index contributed by atoms with van der Waals surface area (Å²) in [5.74, 6) is 0. The van der Waals surface area contributed by atoms with Crippen LogP contribution in [-0.4, -0.2) is 0 Å². The SMILES string of the molecule is Cl.O=Nc1ccc2c(c1)C(Br)NC2. The van der Waals surface area contributed by atoms with Crippen LogP contribution in [-0.2, 0) is 6.54 Å². The Balaban J connectivity index is 0.000000845. The number of halogens is 2. The molecule has 0 radical (unpaired) electrons. The molecule has 1 aromatic carbocycles. The molecule has 1 unspecified atom stereocenters. The van der Waals surface area contributed by atoms with Gasteiger partial charge >= 0.3 is 0 Å². The largest absolute Gasteiger partial charge is 0.297 e. The van der Waals surface area contributed by atoms with Crippen molar-refractivity contribution in [1.29, 1.82) is 0 Å². The average molecular weight is 264 g/mol. The van der Waals surface area contributed by atoms with E-state index in [9.17, 15) is 4.91 Å². The van der Waals surface area contributed by atoms with Crippen LogP contribution < -0.4 is 5.32 Å². The first-order chi connectivity index (χ1) is 5.81. The van der Waals surface area contributed by atoms with E-state index in [4.69, 9.17) is 0 Å². The summed E-state index contributed by atoms with van der Waals surface area (Å²) in [6, 6.07) is 5.47. The molecule has 0 amide bonds. The van der Waals surface area contributed by atoms with E-state index >= 15 is 0 Å². The van der Waals surface area contributed by atoms with E-state index in [0.29, 0.717) is 5.69 Å². The molecule has 70 valence electrons. The van der Waals surface area contributed by atoms with Crippen molar-refractivity contribution in [1.82, 2.24) is 5.32 Å². The van der Waals surface area contributed by atoms with E-state index < -0.39 is 0 Å². The zero-order valence-corrected chi connectivity index (χ0v) is 9.06. The first-order valence-electron chi connectivity index (χ1n) is 3.65. The van der Waals surface area contributed by atoms with E-state index in [0.717, 1.165) is 12.1 Å². The third-order valence-electron chi connectivity index (χ3n) is 1.98. The Labute approximate surface area is 90.4 Å². The zero-order chi connectivity index (χ0) is 8.55. The van der Waals surface area contributed by atoms with Gasteiger partial charge in [-0.25, -0.2) is 0 Å². The van der Waals surface area contributed by atoms with Crippen molar-refractivity contribution < 1.29 is 0 Å². The van der Waals surface area contributed by atoms with E-state index in [1.165, 1.54) is 5.56 Å². The van der Waals surface area contributed by atoms with Crippen LogP contribution in [0.3, 0.4) is 0 Å². The molecule has 0 aromatic heterocycles. The van der Waals surface area contributed by atoms with Crippen LogP contribution in [0.25, 0.3) is 0 Å². The molecule has 0 saturated carbocycles. The number of fused-ring (bicyclic) bond motifs is 1. The summed E-state index contributed by atoms with van der Waals surface area (Å²) in [5.41, 5.74) is 2.83. The van der Waals surface area contributed by atoms with Crippen molar-refractivity contribution >= 4 is 34.0 Å². The minimum absolute atomic E-state index is 0. The van der Waals surface area contributed by atoms with E-state index in [1.54, 1.807) is 6.07 Å². The Hall–Kier alpha value is -0.450. The van der Waals surface area contributed by atoms with Gasteiger partial charge in [-0.1, -0.05) is 22.0 Å². The van der Waals surface area contributed by atoms with Crippen LogP contribution in [0, 0.1) is 4.91 Å². The molecule has 1 N–H and O–H groups in total. The van der Waals surface area contributed by atoms with Gasteiger partial charge in [-0.05, 0) is 28.4 Å². The molecule has 1 aromatic rings. The maximum Gasteiger partial charge on any atom is 0.108 e. The first kappa shape index (κ1) is 10.6. The van der Waals surface area contributed by atoms with Crippen LogP contribution in [0.2, 0.25) is 0 Å². The molecule has 0 spiro atoms. The molecule has 1 atom stereocenters. The second kappa shape index (κ2) is 4.17. The molecule has 2 rings (SSSR count). The second-order valence-electron chi connectivity index (χ2n) is 2.72. The summed E-state index contributed by atoms with van der Waals surface area (Å²) < 4.78 is 0. The summed E-state index contributed by atoms with van der Waals surface area (Å²) in [7, 11) is 0. The van der Waals surface area contributed by atoms with Gasteiger partial charge in [-0.2, -0.15) is 0 Å². The monoisotopic (exact) mass is 262 g/mol. The molecular formula is C8H8BrClN2O. The van der Waals surface area contributed by atoms with E-state index in [2.05, 4.69) is 26.4 Å². The highest BCUT2D eigenvalue weighted by atomic mass is 79.9. The van der Waals surface area contributed by atoms with Crippen LogP contribution in [0.5, 0.6) is 0 Å². The molecule has 0 saturated heterocycles. The van der Waals surface area contributed by atoms with Gasteiger partial charge in [0.2, 0.25) is 0 Å². The Morgan fingerprint density at radius 3 is 3.00 bits per heavy atom. The van der Waals surface area contributed by atoms with Gasteiger partial charge in [0.05, 0.1) is 4.95 Å². The van der Waals surface area contributed by atoms with Crippen LogP contribution in [0.1, 0.15) is 16.1 Å². The minimum Gasteiger partial charge on any atom is -0.297 e. The number of benzene rings is 1. The van der Waals surface area contributed by atoms with Gasteiger partial charge in [0.25, 0.3) is 0 Å². The lowest BCUT2D eigenvalue weighted by Crippen LogP contribution is -2.03. The summed E-state index contributed by atoms with van der Waals surface area (Å²) in [6.07, 6.45) is 0. The van der Waals surface area contributed by atoms with Crippen molar-refractivity contribution in [2.45, 2.75) is 11.5 Å². The molecule has 1 aliphatic rings. The van der Waals surface area contributed by atoms with Gasteiger partial charge in [0.1, 0.15) is 5.69 Å². The number of nitroso groups, excluding NO2 is 1. The Morgan fingerprint density at radius 2 is 2.31 bits per heavy atom. The van der Waals surface area contributed by atoms with Crippen molar-refractivity contribution in [3.63, 3.8) is 0 Å². The zero-order valence-electron chi connectivity index (χ0n) is 6.66. The molecule has 13 heavy (non-hydrogen) atoms. The molecule has 0 fully saturated rings. The summed E-state index contributed by atoms with van der Waals surface area (Å²) in [5, 5.41) is 6.09. The molecule has 3 nitrogen and oxygen atoms in total. The predicted molar refractivity (Wildman–Crippen MR) is 57.7 cm³/mol. The fourth-order valence-corrected chi connectivity index (χ4v) is 1.93. The Morgan fingerprint density at radius 1 is 1.54 bits per heavy atom. The third-order valence-corrected chi connectivity index (χ3v) is 2.80. The van der Waals surface area contributed by atoms with Gasteiger partial charge in [0.15, 0.2) is 0 Å². The number of rotatable bonds is 1. The molecule has 0 aliphatic carbocycles. The van der Waals surface area contributed by atoms with E-state index in [-0.39, 0.29) is 17.4 Å². The normalized spacial score (nSPS) is 19.0. The van der Waals surface area contributed by atoms with Gasteiger partial charge in [-0.15, -0.1) is 17.3 Å². The molecule has 1 aliphatic heterocycles. The average Bonchev–Trinajstić information content (AvgIpc) is 2.47. The highest BCUT2D eigenvalue weighted by Gasteiger charge is 2.18. The minimum atomic E-state index is 0. The van der Waals surface area contributed by atoms with Crippen LogP contribution in [0.15, 0.2) is 23.4 Å². The lowest BCUT2D eigenvalue weighted by Gasteiger charge is -2.01. The number of nitrogens with one attached hydrogen (secondary N) is 1. The first-order valence-corrected chi connectivity index (χ1v) is 4.56. The Kier molecular flexibility index (Phi) is 3.41. The van der Waals surface area contributed by atoms with Crippen molar-refractivity contribution in [2.75, 3.05) is 0 Å². The number of hydrogen-bond acceptors (Lipinski definition) is 3. The summed E-state index contributed by atoms with van der Waals surface area (Å²) in [4.78, 5) is 10.4. The molecular weight excluding hydrogens is 255 g/mol. The fourth-order valence-electron chi connectivity index (χ4n) is 1.35. The standard InChI is InChI=1S/C8H7BrN2O.ClH/c9-8-7-3-6(11-12)2-1-5(7)4-10-8;/h1-3,8,10H,4H2;1H. The number of nitrogens with zero attached hydrogens (tertiary/aromatic N) is 1. The maximum atomic E-state index is 10.2. The molecule has 1 heterocycles. The van der Waals surface area contributed by atoms with Crippen molar-refractivity contribution in [2.24, 2.45) is 5.18 Å². The number of hydrogen-bond donors (Lipinski definition) is 1. The van der Waals surface area contributed by atoms with Crippen LogP contribution in [0.4, 0.5) is 5.69 Å². The molecule has 5 heteroatoms. The lowest BCUT2D eigenvalue weighted by molar-refractivity contribution is 0.758. The third kappa shape index (κ3) is 1.90. The highest BCUT2D eigenvalue weighted by molar-refractivity contribution is 9.09. The molecule has 0 bridgehead atoms. The van der Waals surface area contributed by atoms with E-state index in [1.807, 2.05) is 12.1 Å². The summed E-state index contributed by atoms with van der Waals surface area (Å²) in [6.45, 7) is 0.852. The summed E-state index contributed by atoms with van der Waals surface area (Å²) >= 11 is 3.45. The maximum absolute atomic E-state index is 10.2. The van der Waals surface area contributed by atoms with Crippen molar-refractivity contribution in [3.05, 3.63) is 34.2 Å². The van der Waals surface area contributed by atoms with Gasteiger partial charge < -0.3 is 0 Å². The smallest absolute Gasteiger partial charge is 0.108 e.